The molecule has 0 saturated heterocycles. The highest BCUT2D eigenvalue weighted by Gasteiger charge is 2.28. The van der Waals surface area contributed by atoms with Crippen molar-refractivity contribution < 1.29 is 13.0 Å². The summed E-state index contributed by atoms with van der Waals surface area (Å²) in [6, 6.07) is 0. The number of aromatic nitrogens is 2. The fourth-order valence-corrected chi connectivity index (χ4v) is 1.69. The highest BCUT2D eigenvalue weighted by molar-refractivity contribution is 8.08. The van der Waals surface area contributed by atoms with Gasteiger partial charge in [-0.05, 0) is 17.6 Å². The first kappa shape index (κ1) is 11.5. The molecule has 0 spiro atoms. The molecule has 78 valence electrons. The largest absolute Gasteiger partial charge is 0.303 e. The van der Waals surface area contributed by atoms with Crippen LogP contribution in [0, 0.1) is 6.92 Å². The standard InChI is InChI=1S/C7H7ClF2N2OS/c1-4-5(14(8)13)3-11-6(12-4)7(2,9)10/h3H,1-2H3. The molecule has 1 atom stereocenters. The van der Waals surface area contributed by atoms with Gasteiger partial charge in [-0.1, -0.05) is 0 Å². The smallest absolute Gasteiger partial charge is 0.237 e. The molecule has 1 heterocycles. The topological polar surface area (TPSA) is 42.9 Å². The SMILES string of the molecule is Cc1nc(C(C)(F)F)ncc1S(=O)Cl. The summed E-state index contributed by atoms with van der Waals surface area (Å²) in [5.74, 6) is -3.70. The van der Waals surface area contributed by atoms with Gasteiger partial charge in [0.2, 0.25) is 0 Å². The summed E-state index contributed by atoms with van der Waals surface area (Å²) in [5, 5.41) is 0. The molecular weight excluding hydrogens is 234 g/mol. The zero-order valence-electron chi connectivity index (χ0n) is 7.42. The van der Waals surface area contributed by atoms with Crippen molar-refractivity contribution >= 4 is 20.7 Å². The first-order valence-corrected chi connectivity index (χ1v) is 5.60. The Morgan fingerprint density at radius 3 is 2.50 bits per heavy atom. The van der Waals surface area contributed by atoms with Crippen molar-refractivity contribution in [1.29, 1.82) is 0 Å². The zero-order valence-corrected chi connectivity index (χ0v) is 8.99. The van der Waals surface area contributed by atoms with Crippen LogP contribution in [0.15, 0.2) is 11.1 Å². The highest BCUT2D eigenvalue weighted by atomic mass is 35.7. The van der Waals surface area contributed by atoms with E-state index in [2.05, 4.69) is 9.97 Å². The van der Waals surface area contributed by atoms with Crippen molar-refractivity contribution in [3.63, 3.8) is 0 Å². The van der Waals surface area contributed by atoms with Crippen molar-refractivity contribution in [2.45, 2.75) is 24.7 Å². The zero-order chi connectivity index (χ0) is 10.9. The minimum absolute atomic E-state index is 0.152. The van der Waals surface area contributed by atoms with Crippen LogP contribution in [0.1, 0.15) is 18.4 Å². The number of aryl methyl sites for hydroxylation is 1. The third kappa shape index (κ3) is 2.45. The van der Waals surface area contributed by atoms with E-state index in [-0.39, 0.29) is 10.6 Å². The van der Waals surface area contributed by atoms with Crippen LogP contribution in [0.4, 0.5) is 8.78 Å². The Balaban J connectivity index is 3.20. The molecule has 14 heavy (non-hydrogen) atoms. The normalized spacial score (nSPS) is 14.1. The van der Waals surface area contributed by atoms with Gasteiger partial charge in [-0.15, -0.1) is 0 Å². The van der Waals surface area contributed by atoms with E-state index in [9.17, 15) is 13.0 Å². The van der Waals surface area contributed by atoms with Crippen LogP contribution < -0.4 is 0 Å². The van der Waals surface area contributed by atoms with E-state index >= 15 is 0 Å². The van der Waals surface area contributed by atoms with Crippen molar-refractivity contribution in [1.82, 2.24) is 9.97 Å². The van der Waals surface area contributed by atoms with Gasteiger partial charge in [0, 0.05) is 13.1 Å². The number of nitrogens with zero attached hydrogens (tertiary/aromatic N) is 2. The minimum Gasteiger partial charge on any atom is -0.237 e. The summed E-state index contributed by atoms with van der Waals surface area (Å²) in [7, 11) is 3.51. The summed E-state index contributed by atoms with van der Waals surface area (Å²) in [6.45, 7) is 2.14. The molecule has 1 rings (SSSR count). The molecule has 3 nitrogen and oxygen atoms in total. The van der Waals surface area contributed by atoms with Crippen LogP contribution in [0.25, 0.3) is 0 Å². The number of hydrogen-bond acceptors (Lipinski definition) is 3. The molecule has 0 saturated carbocycles. The van der Waals surface area contributed by atoms with Crippen LogP contribution in [0.3, 0.4) is 0 Å². The fourth-order valence-electron chi connectivity index (χ4n) is 0.825. The lowest BCUT2D eigenvalue weighted by Gasteiger charge is -2.09. The molecule has 0 aliphatic heterocycles. The van der Waals surface area contributed by atoms with E-state index in [1.807, 2.05) is 0 Å². The maximum Gasteiger partial charge on any atom is 0.303 e. The average molecular weight is 241 g/mol. The molecule has 0 aliphatic carbocycles. The van der Waals surface area contributed by atoms with E-state index in [1.54, 1.807) is 0 Å². The first-order chi connectivity index (χ1) is 6.32. The van der Waals surface area contributed by atoms with Gasteiger partial charge in [-0.3, -0.25) is 0 Å². The predicted molar refractivity (Wildman–Crippen MR) is 48.6 cm³/mol. The molecule has 7 heteroatoms. The molecule has 0 aliphatic rings. The molecule has 1 aromatic heterocycles. The van der Waals surface area contributed by atoms with E-state index in [4.69, 9.17) is 10.7 Å². The summed E-state index contributed by atoms with van der Waals surface area (Å²) >= 11 is 0. The van der Waals surface area contributed by atoms with Crippen molar-refractivity contribution in [2.24, 2.45) is 0 Å². The quantitative estimate of drug-likeness (QED) is 0.744. The lowest BCUT2D eigenvalue weighted by atomic mass is 10.3. The van der Waals surface area contributed by atoms with E-state index < -0.39 is 21.8 Å². The maximum absolute atomic E-state index is 12.7. The van der Waals surface area contributed by atoms with Gasteiger partial charge in [0.15, 0.2) is 15.8 Å². The van der Waals surface area contributed by atoms with Gasteiger partial charge in [0.05, 0.1) is 10.6 Å². The third-order valence-electron chi connectivity index (χ3n) is 1.50. The van der Waals surface area contributed by atoms with Crippen LogP contribution in [0.5, 0.6) is 0 Å². The molecular formula is C7H7ClF2N2OS. The monoisotopic (exact) mass is 240 g/mol. The Bertz CT molecular complexity index is 380. The van der Waals surface area contributed by atoms with Crippen molar-refractivity contribution in [2.75, 3.05) is 0 Å². The Labute approximate surface area is 86.5 Å². The van der Waals surface area contributed by atoms with Crippen molar-refractivity contribution in [3.05, 3.63) is 17.7 Å². The van der Waals surface area contributed by atoms with Crippen molar-refractivity contribution in [3.8, 4) is 0 Å². The van der Waals surface area contributed by atoms with E-state index in [1.165, 1.54) is 6.92 Å². The molecule has 0 radical (unpaired) electrons. The second kappa shape index (κ2) is 3.86. The fraction of sp³-hybridized carbons (Fsp3) is 0.429. The maximum atomic E-state index is 12.7. The molecule has 0 fully saturated rings. The van der Waals surface area contributed by atoms with Crippen LogP contribution >= 0.6 is 10.7 Å². The second-order valence-corrected chi connectivity index (χ2v) is 4.48. The Morgan fingerprint density at radius 1 is 1.57 bits per heavy atom. The first-order valence-electron chi connectivity index (χ1n) is 3.62. The molecule has 0 N–H and O–H groups in total. The van der Waals surface area contributed by atoms with E-state index in [0.717, 1.165) is 6.20 Å². The van der Waals surface area contributed by atoms with Crippen LogP contribution in [-0.2, 0) is 15.9 Å². The summed E-state index contributed by atoms with van der Waals surface area (Å²) in [6.07, 6.45) is 1.05. The lowest BCUT2D eigenvalue weighted by Crippen LogP contribution is -2.14. The van der Waals surface area contributed by atoms with Gasteiger partial charge in [-0.25, -0.2) is 14.2 Å². The Morgan fingerprint density at radius 2 is 2.14 bits per heavy atom. The summed E-state index contributed by atoms with van der Waals surface area (Å²) in [5.41, 5.74) is 0.199. The van der Waals surface area contributed by atoms with Gasteiger partial charge >= 0.3 is 5.92 Å². The van der Waals surface area contributed by atoms with Gasteiger partial charge < -0.3 is 0 Å². The Kier molecular flexibility index (Phi) is 3.16. The summed E-state index contributed by atoms with van der Waals surface area (Å²) in [4.78, 5) is 7.07. The van der Waals surface area contributed by atoms with E-state index in [0.29, 0.717) is 6.92 Å². The third-order valence-corrected chi connectivity index (χ3v) is 2.75. The molecule has 1 aromatic rings. The summed E-state index contributed by atoms with van der Waals surface area (Å²) < 4.78 is 36.3. The highest BCUT2D eigenvalue weighted by Crippen LogP contribution is 2.24. The van der Waals surface area contributed by atoms with Gasteiger partial charge in [0.1, 0.15) is 0 Å². The van der Waals surface area contributed by atoms with Gasteiger partial charge in [0.25, 0.3) is 0 Å². The number of hydrogen-bond donors (Lipinski definition) is 0. The Hall–Kier alpha value is -0.620. The number of halogens is 3. The molecule has 0 aromatic carbocycles. The number of rotatable bonds is 2. The molecule has 0 amide bonds. The molecule has 1 unspecified atom stereocenters. The predicted octanol–water partition coefficient (Wildman–Crippen LogP) is 2.16. The number of alkyl halides is 2. The average Bonchev–Trinajstić information content (AvgIpc) is 2.01. The molecule has 0 bridgehead atoms. The van der Waals surface area contributed by atoms with Gasteiger partial charge in [-0.2, -0.15) is 8.78 Å². The minimum atomic E-state index is -3.10. The second-order valence-electron chi connectivity index (χ2n) is 2.76. The lowest BCUT2D eigenvalue weighted by molar-refractivity contribution is 0.00732. The van der Waals surface area contributed by atoms with Crippen LogP contribution in [-0.4, -0.2) is 14.2 Å². The van der Waals surface area contributed by atoms with Crippen LogP contribution in [0.2, 0.25) is 0 Å².